The maximum atomic E-state index is 6.39. The van der Waals surface area contributed by atoms with Crippen LogP contribution in [0.1, 0.15) is 13.3 Å². The lowest BCUT2D eigenvalue weighted by molar-refractivity contribution is 0.107. The number of benzene rings is 1. The number of halogens is 2. The molecule has 2 aromatic rings. The summed E-state index contributed by atoms with van der Waals surface area (Å²) < 4.78 is 0.993. The molecule has 0 amide bonds. The molecule has 0 aliphatic carbocycles. The van der Waals surface area contributed by atoms with E-state index in [2.05, 4.69) is 55.8 Å². The van der Waals surface area contributed by atoms with Gasteiger partial charge in [0.15, 0.2) is 0 Å². The molecule has 1 atom stereocenters. The van der Waals surface area contributed by atoms with E-state index in [1.807, 2.05) is 6.07 Å². The number of pyridine rings is 1. The number of likely N-dealkylation sites (N-methyl/N-ethyl adjacent to an activating group) is 1. The smallest absolute Gasteiger partial charge is 0.129 e. The van der Waals surface area contributed by atoms with Gasteiger partial charge >= 0.3 is 0 Å². The third-order valence-electron chi connectivity index (χ3n) is 5.55. The van der Waals surface area contributed by atoms with Gasteiger partial charge in [0.25, 0.3) is 0 Å². The minimum absolute atomic E-state index is 0.650. The highest BCUT2D eigenvalue weighted by molar-refractivity contribution is 9.10. The highest BCUT2D eigenvalue weighted by Gasteiger charge is 2.30. The van der Waals surface area contributed by atoms with Crippen molar-refractivity contribution in [1.29, 1.82) is 0 Å². The van der Waals surface area contributed by atoms with Crippen molar-refractivity contribution in [3.8, 4) is 0 Å². The van der Waals surface area contributed by atoms with Crippen molar-refractivity contribution < 1.29 is 0 Å². The zero-order chi connectivity index (χ0) is 17.4. The van der Waals surface area contributed by atoms with Crippen LogP contribution >= 0.6 is 27.5 Å². The van der Waals surface area contributed by atoms with Gasteiger partial charge in [-0.3, -0.25) is 4.90 Å². The van der Waals surface area contributed by atoms with Crippen LogP contribution in [0.5, 0.6) is 0 Å². The van der Waals surface area contributed by atoms with Crippen molar-refractivity contribution in [2.75, 3.05) is 50.7 Å². The van der Waals surface area contributed by atoms with E-state index in [-0.39, 0.29) is 0 Å². The van der Waals surface area contributed by atoms with Crippen molar-refractivity contribution in [2.45, 2.75) is 19.4 Å². The van der Waals surface area contributed by atoms with Gasteiger partial charge in [-0.2, -0.15) is 0 Å². The molecule has 3 heterocycles. The zero-order valence-electron chi connectivity index (χ0n) is 14.6. The van der Waals surface area contributed by atoms with Gasteiger partial charge in [0.1, 0.15) is 5.82 Å². The lowest BCUT2D eigenvalue weighted by Crippen LogP contribution is -2.50. The second kappa shape index (κ2) is 7.39. The van der Waals surface area contributed by atoms with E-state index in [1.165, 1.54) is 39.1 Å². The minimum atomic E-state index is 0.650. The van der Waals surface area contributed by atoms with Crippen molar-refractivity contribution >= 4 is 44.3 Å². The van der Waals surface area contributed by atoms with Crippen LogP contribution in [-0.4, -0.2) is 66.6 Å². The molecule has 25 heavy (non-hydrogen) atoms. The van der Waals surface area contributed by atoms with Gasteiger partial charge in [-0.15, -0.1) is 0 Å². The van der Waals surface area contributed by atoms with Gasteiger partial charge in [0.05, 0.1) is 10.5 Å². The molecule has 0 N–H and O–H groups in total. The lowest BCUT2D eigenvalue weighted by Gasteiger charge is -2.37. The van der Waals surface area contributed by atoms with Crippen LogP contribution in [0.15, 0.2) is 28.7 Å². The van der Waals surface area contributed by atoms with E-state index >= 15 is 0 Å². The molecule has 0 spiro atoms. The molecular weight excluding hydrogens is 400 g/mol. The van der Waals surface area contributed by atoms with Gasteiger partial charge in [0.2, 0.25) is 0 Å². The van der Waals surface area contributed by atoms with E-state index in [0.29, 0.717) is 11.1 Å². The van der Waals surface area contributed by atoms with Crippen LogP contribution in [-0.2, 0) is 0 Å². The Bertz CT molecular complexity index is 760. The maximum Gasteiger partial charge on any atom is 0.129 e. The molecular formula is C19H24BrClN4. The Balaban J connectivity index is 1.47. The zero-order valence-corrected chi connectivity index (χ0v) is 16.9. The van der Waals surface area contributed by atoms with E-state index in [1.54, 1.807) is 0 Å². The minimum Gasteiger partial charge on any atom is -0.355 e. The average Bonchev–Trinajstić information content (AvgIpc) is 3.11. The molecule has 0 radical (unpaired) electrons. The van der Waals surface area contributed by atoms with Gasteiger partial charge < -0.3 is 9.80 Å². The fourth-order valence-corrected chi connectivity index (χ4v) is 4.89. The van der Waals surface area contributed by atoms with E-state index in [0.717, 1.165) is 34.3 Å². The molecule has 1 aromatic heterocycles. The molecule has 0 bridgehead atoms. The Morgan fingerprint density at radius 1 is 1.16 bits per heavy atom. The quantitative estimate of drug-likeness (QED) is 0.747. The first-order valence-corrected chi connectivity index (χ1v) is 10.3. The Morgan fingerprint density at radius 2 is 1.96 bits per heavy atom. The molecule has 134 valence electrons. The first-order chi connectivity index (χ1) is 12.1. The normalized spacial score (nSPS) is 22.8. The first-order valence-electron chi connectivity index (χ1n) is 9.11. The molecule has 4 rings (SSSR count). The summed E-state index contributed by atoms with van der Waals surface area (Å²) >= 11 is 9.89. The number of aromatic nitrogens is 1. The monoisotopic (exact) mass is 422 g/mol. The Hall–Kier alpha value is -0.880. The molecule has 1 unspecified atom stereocenters. The van der Waals surface area contributed by atoms with Gasteiger partial charge in [-0.25, -0.2) is 4.98 Å². The van der Waals surface area contributed by atoms with Crippen LogP contribution in [0.2, 0.25) is 5.02 Å². The van der Waals surface area contributed by atoms with Crippen LogP contribution in [0.25, 0.3) is 10.9 Å². The van der Waals surface area contributed by atoms with E-state index in [4.69, 9.17) is 16.6 Å². The summed E-state index contributed by atoms with van der Waals surface area (Å²) in [6, 6.07) is 8.89. The van der Waals surface area contributed by atoms with E-state index in [9.17, 15) is 0 Å². The number of hydrogen-bond acceptors (Lipinski definition) is 4. The predicted octanol–water partition coefficient (Wildman–Crippen LogP) is 3.87. The predicted molar refractivity (Wildman–Crippen MR) is 109 cm³/mol. The Labute approximate surface area is 162 Å². The fourth-order valence-electron chi connectivity index (χ4n) is 4.02. The summed E-state index contributed by atoms with van der Waals surface area (Å²) in [5.74, 6) is 1.05. The van der Waals surface area contributed by atoms with Crippen molar-refractivity contribution in [2.24, 2.45) is 0 Å². The Morgan fingerprint density at radius 3 is 2.72 bits per heavy atom. The van der Waals surface area contributed by atoms with Crippen LogP contribution in [0.4, 0.5) is 5.82 Å². The van der Waals surface area contributed by atoms with Crippen LogP contribution in [0.3, 0.4) is 0 Å². The number of nitrogens with zero attached hydrogens (tertiary/aromatic N) is 4. The van der Waals surface area contributed by atoms with Gasteiger partial charge in [-0.1, -0.05) is 34.5 Å². The SMILES string of the molecule is CCN1CCN(C2CCN(c3ccc4cc(Br)cc(Cl)c4n3)C2)CC1. The summed E-state index contributed by atoms with van der Waals surface area (Å²) in [6.45, 7) is 10.3. The summed E-state index contributed by atoms with van der Waals surface area (Å²) in [5.41, 5.74) is 0.891. The molecule has 6 heteroatoms. The largest absolute Gasteiger partial charge is 0.355 e. The Kier molecular flexibility index (Phi) is 5.18. The number of hydrogen-bond donors (Lipinski definition) is 0. The van der Waals surface area contributed by atoms with Crippen molar-refractivity contribution in [1.82, 2.24) is 14.8 Å². The number of anilines is 1. The highest BCUT2D eigenvalue weighted by atomic mass is 79.9. The topological polar surface area (TPSA) is 22.6 Å². The van der Waals surface area contributed by atoms with Crippen molar-refractivity contribution in [3.63, 3.8) is 0 Å². The standard InChI is InChI=1S/C19H24BrClN4/c1-2-23-7-9-24(10-8-23)16-5-6-25(13-16)18-4-3-14-11-15(20)12-17(21)19(14)22-18/h3-4,11-12,16H,2,5-10,13H2,1H3. The molecule has 2 aliphatic rings. The first kappa shape index (κ1) is 17.5. The van der Waals surface area contributed by atoms with E-state index < -0.39 is 0 Å². The number of piperazine rings is 1. The fraction of sp³-hybridized carbons (Fsp3) is 0.526. The third-order valence-corrected chi connectivity index (χ3v) is 6.30. The molecule has 2 saturated heterocycles. The highest BCUT2D eigenvalue weighted by Crippen LogP contribution is 2.30. The molecule has 0 saturated carbocycles. The second-order valence-corrected chi connectivity index (χ2v) is 8.31. The third kappa shape index (κ3) is 3.65. The second-order valence-electron chi connectivity index (χ2n) is 6.99. The molecule has 4 nitrogen and oxygen atoms in total. The van der Waals surface area contributed by atoms with Crippen molar-refractivity contribution in [3.05, 3.63) is 33.8 Å². The maximum absolute atomic E-state index is 6.39. The lowest BCUT2D eigenvalue weighted by atomic mass is 10.2. The summed E-state index contributed by atoms with van der Waals surface area (Å²) in [4.78, 5) is 12.5. The molecule has 2 fully saturated rings. The van der Waals surface area contributed by atoms with Crippen LogP contribution < -0.4 is 4.90 Å². The van der Waals surface area contributed by atoms with Crippen LogP contribution in [0, 0.1) is 0 Å². The summed E-state index contributed by atoms with van der Waals surface area (Å²) in [7, 11) is 0. The summed E-state index contributed by atoms with van der Waals surface area (Å²) in [6.07, 6.45) is 1.22. The molecule has 1 aromatic carbocycles. The average molecular weight is 424 g/mol. The summed E-state index contributed by atoms with van der Waals surface area (Å²) in [5, 5.41) is 1.78. The number of rotatable bonds is 3. The van der Waals surface area contributed by atoms with Gasteiger partial charge in [-0.05, 0) is 37.2 Å². The van der Waals surface area contributed by atoms with Gasteiger partial charge in [0, 0.05) is 55.2 Å². The number of fused-ring (bicyclic) bond motifs is 1. The molecule has 2 aliphatic heterocycles.